The molecule has 17 heavy (non-hydrogen) atoms. The first-order valence-corrected chi connectivity index (χ1v) is 6.07. The zero-order chi connectivity index (χ0) is 12.0. The third kappa shape index (κ3) is 2.09. The van der Waals surface area contributed by atoms with E-state index in [9.17, 15) is 9.59 Å². The molecule has 0 unspecified atom stereocenters. The van der Waals surface area contributed by atoms with Crippen molar-refractivity contribution in [2.24, 2.45) is 0 Å². The minimum Gasteiger partial charge on any atom is -0.349 e. The smallest absolute Gasteiger partial charge is 0.264 e. The van der Waals surface area contributed by atoms with Gasteiger partial charge in [0.05, 0.1) is 5.69 Å². The van der Waals surface area contributed by atoms with Gasteiger partial charge in [-0.05, 0) is 32.6 Å². The molecule has 2 fully saturated rings. The Morgan fingerprint density at radius 3 is 2.59 bits per heavy atom. The van der Waals surface area contributed by atoms with Gasteiger partial charge < -0.3 is 10.3 Å². The topological polar surface area (TPSA) is 74.8 Å². The molecule has 2 aliphatic carbocycles. The molecule has 2 aliphatic rings. The fourth-order valence-corrected chi connectivity index (χ4v) is 1.91. The number of hydrogen-bond donors (Lipinski definition) is 2. The van der Waals surface area contributed by atoms with Gasteiger partial charge in [-0.25, -0.2) is 4.98 Å². The molecule has 0 aromatic carbocycles. The Morgan fingerprint density at radius 1 is 1.35 bits per heavy atom. The molecule has 90 valence electrons. The van der Waals surface area contributed by atoms with Crippen molar-refractivity contribution in [3.8, 4) is 0 Å². The number of aromatic nitrogens is 2. The van der Waals surface area contributed by atoms with E-state index in [0.717, 1.165) is 31.5 Å². The van der Waals surface area contributed by atoms with Crippen LogP contribution in [0.2, 0.25) is 0 Å². The van der Waals surface area contributed by atoms with Crippen molar-refractivity contribution >= 4 is 5.91 Å². The van der Waals surface area contributed by atoms with Crippen LogP contribution in [0.4, 0.5) is 0 Å². The average molecular weight is 233 g/mol. The van der Waals surface area contributed by atoms with Crippen molar-refractivity contribution in [2.45, 2.75) is 44.6 Å². The summed E-state index contributed by atoms with van der Waals surface area (Å²) in [6.45, 7) is 1.73. The third-order valence-electron chi connectivity index (χ3n) is 3.22. The monoisotopic (exact) mass is 233 g/mol. The van der Waals surface area contributed by atoms with Gasteiger partial charge in [0.1, 0.15) is 11.4 Å². The zero-order valence-electron chi connectivity index (χ0n) is 9.75. The van der Waals surface area contributed by atoms with Gasteiger partial charge in [-0.1, -0.05) is 0 Å². The Bertz CT molecular complexity index is 527. The van der Waals surface area contributed by atoms with E-state index < -0.39 is 0 Å². The summed E-state index contributed by atoms with van der Waals surface area (Å²) in [7, 11) is 0. The summed E-state index contributed by atoms with van der Waals surface area (Å²) in [6.07, 6.45) is 4.18. The SMILES string of the molecule is Cc1nc(C2CC2)[nH]c(=O)c1C(=O)NC1CC1. The number of hydrogen-bond acceptors (Lipinski definition) is 3. The Morgan fingerprint density at radius 2 is 2.06 bits per heavy atom. The van der Waals surface area contributed by atoms with Crippen LogP contribution in [0.1, 0.15) is 53.5 Å². The number of rotatable bonds is 3. The molecule has 2 N–H and O–H groups in total. The molecule has 0 atom stereocenters. The van der Waals surface area contributed by atoms with Crippen LogP contribution in [0.3, 0.4) is 0 Å². The fourth-order valence-electron chi connectivity index (χ4n) is 1.91. The number of nitrogens with one attached hydrogen (secondary N) is 2. The largest absolute Gasteiger partial charge is 0.349 e. The molecule has 0 saturated heterocycles. The maximum Gasteiger partial charge on any atom is 0.264 e. The van der Waals surface area contributed by atoms with E-state index in [1.54, 1.807) is 6.92 Å². The second kappa shape index (κ2) is 3.68. The van der Waals surface area contributed by atoms with E-state index in [1.165, 1.54) is 0 Å². The Labute approximate surface area is 98.7 Å². The highest BCUT2D eigenvalue weighted by molar-refractivity contribution is 5.95. The predicted molar refractivity (Wildman–Crippen MR) is 62.1 cm³/mol. The van der Waals surface area contributed by atoms with Crippen molar-refractivity contribution in [3.63, 3.8) is 0 Å². The molecule has 1 aromatic rings. The summed E-state index contributed by atoms with van der Waals surface area (Å²) in [4.78, 5) is 30.8. The Balaban J connectivity index is 1.92. The number of carbonyl (C=O) groups is 1. The molecule has 2 saturated carbocycles. The lowest BCUT2D eigenvalue weighted by molar-refractivity contribution is 0.0948. The van der Waals surface area contributed by atoms with Gasteiger partial charge in [0.15, 0.2) is 0 Å². The number of nitrogens with zero attached hydrogens (tertiary/aromatic N) is 1. The van der Waals surface area contributed by atoms with E-state index in [1.807, 2.05) is 0 Å². The van der Waals surface area contributed by atoms with Crippen LogP contribution in [0.25, 0.3) is 0 Å². The van der Waals surface area contributed by atoms with Crippen LogP contribution in [-0.2, 0) is 0 Å². The van der Waals surface area contributed by atoms with Gasteiger partial charge in [0, 0.05) is 12.0 Å². The molecule has 0 bridgehead atoms. The summed E-state index contributed by atoms with van der Waals surface area (Å²) in [5, 5.41) is 2.82. The molecule has 5 heteroatoms. The highest BCUT2D eigenvalue weighted by atomic mass is 16.2. The molecule has 1 aromatic heterocycles. The maximum atomic E-state index is 11.9. The molecule has 0 spiro atoms. The first-order chi connectivity index (χ1) is 8.15. The quantitative estimate of drug-likeness (QED) is 0.812. The summed E-state index contributed by atoms with van der Waals surface area (Å²) < 4.78 is 0. The van der Waals surface area contributed by atoms with Gasteiger partial charge >= 0.3 is 0 Å². The molecule has 5 nitrogen and oxygen atoms in total. The molecule has 1 heterocycles. The lowest BCUT2D eigenvalue weighted by Gasteiger charge is -2.06. The fraction of sp³-hybridized carbons (Fsp3) is 0.583. The summed E-state index contributed by atoms with van der Waals surface area (Å²) in [6, 6.07) is 0.254. The zero-order valence-corrected chi connectivity index (χ0v) is 9.75. The Hall–Kier alpha value is -1.65. The molecule has 0 aliphatic heterocycles. The number of aromatic amines is 1. The van der Waals surface area contributed by atoms with E-state index in [4.69, 9.17) is 0 Å². The average Bonchev–Trinajstić information content (AvgIpc) is 3.12. The van der Waals surface area contributed by atoms with Crippen LogP contribution in [0.5, 0.6) is 0 Å². The van der Waals surface area contributed by atoms with E-state index in [2.05, 4.69) is 15.3 Å². The van der Waals surface area contributed by atoms with E-state index in [-0.39, 0.29) is 23.1 Å². The van der Waals surface area contributed by atoms with Crippen molar-refractivity contribution < 1.29 is 4.79 Å². The van der Waals surface area contributed by atoms with Crippen molar-refractivity contribution in [1.82, 2.24) is 15.3 Å². The highest BCUT2D eigenvalue weighted by Gasteiger charge is 2.29. The summed E-state index contributed by atoms with van der Waals surface area (Å²) >= 11 is 0. The van der Waals surface area contributed by atoms with Gasteiger partial charge in [0.25, 0.3) is 11.5 Å². The van der Waals surface area contributed by atoms with Crippen LogP contribution in [-0.4, -0.2) is 21.9 Å². The Kier molecular flexibility index (Phi) is 2.28. The second-order valence-electron chi connectivity index (χ2n) is 4.93. The number of aryl methyl sites for hydroxylation is 1. The molecular formula is C12H15N3O2. The number of H-pyrrole nitrogens is 1. The first-order valence-electron chi connectivity index (χ1n) is 6.07. The van der Waals surface area contributed by atoms with Gasteiger partial charge in [-0.2, -0.15) is 0 Å². The van der Waals surface area contributed by atoms with Gasteiger partial charge in [0.2, 0.25) is 0 Å². The molecule has 0 radical (unpaired) electrons. The van der Waals surface area contributed by atoms with E-state index in [0.29, 0.717) is 11.6 Å². The second-order valence-corrected chi connectivity index (χ2v) is 4.93. The van der Waals surface area contributed by atoms with Crippen LogP contribution in [0, 0.1) is 6.92 Å². The van der Waals surface area contributed by atoms with Gasteiger partial charge in [-0.3, -0.25) is 9.59 Å². The first kappa shape index (κ1) is 10.5. The minimum atomic E-state index is -0.308. The lowest BCUT2D eigenvalue weighted by atomic mass is 10.2. The third-order valence-corrected chi connectivity index (χ3v) is 3.22. The summed E-state index contributed by atoms with van der Waals surface area (Å²) in [5.74, 6) is 0.832. The molecular weight excluding hydrogens is 218 g/mol. The van der Waals surface area contributed by atoms with Crippen molar-refractivity contribution in [1.29, 1.82) is 0 Å². The van der Waals surface area contributed by atoms with Crippen molar-refractivity contribution in [2.75, 3.05) is 0 Å². The number of carbonyl (C=O) groups excluding carboxylic acids is 1. The van der Waals surface area contributed by atoms with Gasteiger partial charge in [-0.15, -0.1) is 0 Å². The summed E-state index contributed by atoms with van der Waals surface area (Å²) in [5.41, 5.74) is 0.396. The van der Waals surface area contributed by atoms with Crippen LogP contribution >= 0.6 is 0 Å². The predicted octanol–water partition coefficient (Wildman–Crippen LogP) is 0.848. The van der Waals surface area contributed by atoms with Crippen LogP contribution in [0.15, 0.2) is 4.79 Å². The maximum absolute atomic E-state index is 11.9. The minimum absolute atomic E-state index is 0.168. The van der Waals surface area contributed by atoms with E-state index >= 15 is 0 Å². The van der Waals surface area contributed by atoms with Crippen LogP contribution < -0.4 is 10.9 Å². The standard InChI is InChI=1S/C12H15N3O2/c1-6-9(11(16)14-8-4-5-8)12(17)15-10(13-6)7-2-3-7/h7-8H,2-5H2,1H3,(H,14,16)(H,13,15,17). The highest BCUT2D eigenvalue weighted by Crippen LogP contribution is 2.37. The molecule has 1 amide bonds. The normalized spacial score (nSPS) is 19.1. The van der Waals surface area contributed by atoms with Crippen molar-refractivity contribution in [3.05, 3.63) is 27.4 Å². The lowest BCUT2D eigenvalue weighted by Crippen LogP contribution is -2.33. The number of amides is 1. The molecule has 3 rings (SSSR count).